The molecule has 0 saturated heterocycles. The molecule has 0 aliphatic rings. The number of carbonyl (C=O) groups is 1. The van der Waals surface area contributed by atoms with Crippen molar-refractivity contribution < 1.29 is 28.1 Å². The number of anilines is 1. The van der Waals surface area contributed by atoms with Crippen molar-refractivity contribution in [1.29, 1.82) is 0 Å². The van der Waals surface area contributed by atoms with Crippen LogP contribution in [0.4, 0.5) is 10.1 Å². The van der Waals surface area contributed by atoms with Gasteiger partial charge >= 0.3 is 0 Å². The van der Waals surface area contributed by atoms with E-state index >= 15 is 4.39 Å². The fourth-order valence-electron chi connectivity index (χ4n) is 3.82. The highest BCUT2D eigenvalue weighted by molar-refractivity contribution is 9.10. The molecule has 0 spiro atoms. The topological polar surface area (TPSA) is 114 Å². The summed E-state index contributed by atoms with van der Waals surface area (Å²) in [6.07, 6.45) is 1.50. The zero-order valence-electron chi connectivity index (χ0n) is 21.9. The molecule has 0 aliphatic carbocycles. The Morgan fingerprint density at radius 2 is 1.85 bits per heavy atom. The molecule has 3 aromatic heterocycles. The first-order valence-corrected chi connectivity index (χ1v) is 12.6. The van der Waals surface area contributed by atoms with Gasteiger partial charge in [-0.15, -0.1) is 0 Å². The lowest BCUT2D eigenvalue weighted by atomic mass is 10.1. The maximum atomic E-state index is 15.1. The number of amides is 1. The van der Waals surface area contributed by atoms with Gasteiger partial charge in [0.05, 0.1) is 23.7 Å². The normalized spacial score (nSPS) is 10.9. The fourth-order valence-corrected chi connectivity index (χ4v) is 4.29. The van der Waals surface area contributed by atoms with E-state index in [2.05, 4.69) is 31.2 Å². The lowest BCUT2D eigenvalue weighted by molar-refractivity contribution is 0.102. The smallest absolute Gasteiger partial charge is 0.261 e. The second-order valence-electron chi connectivity index (χ2n) is 8.46. The van der Waals surface area contributed by atoms with Gasteiger partial charge in [0.1, 0.15) is 17.7 Å². The summed E-state index contributed by atoms with van der Waals surface area (Å²) in [6, 6.07) is 7.14. The summed E-state index contributed by atoms with van der Waals surface area (Å²) in [7, 11) is 4.77. The van der Waals surface area contributed by atoms with Crippen molar-refractivity contribution in [2.24, 2.45) is 7.05 Å². The second kappa shape index (κ2) is 11.8. The van der Waals surface area contributed by atoms with Crippen LogP contribution in [0.3, 0.4) is 0 Å². The van der Waals surface area contributed by atoms with Crippen molar-refractivity contribution in [3.05, 3.63) is 74.0 Å². The summed E-state index contributed by atoms with van der Waals surface area (Å²) in [5.74, 6) is -0.670. The molecule has 1 amide bonds. The lowest BCUT2D eigenvalue weighted by Gasteiger charge is -2.15. The molecule has 0 aliphatic heterocycles. The van der Waals surface area contributed by atoms with E-state index in [0.717, 1.165) is 6.07 Å². The van der Waals surface area contributed by atoms with Gasteiger partial charge in [0, 0.05) is 55.6 Å². The molecule has 4 aromatic rings. The summed E-state index contributed by atoms with van der Waals surface area (Å²) in [5.41, 5.74) is 1.63. The van der Waals surface area contributed by atoms with E-state index in [9.17, 15) is 9.59 Å². The molecule has 0 saturated carbocycles. The Bertz CT molecular complexity index is 1620. The fraction of sp³-hybridized carbons (Fsp3) is 0.259. The number of nitrogens with zero attached hydrogens (tertiary/aromatic N) is 3. The number of methoxy groups -OCH3 is 2. The maximum absolute atomic E-state index is 15.1. The van der Waals surface area contributed by atoms with Gasteiger partial charge in [0.2, 0.25) is 5.43 Å². The lowest BCUT2D eigenvalue weighted by Crippen LogP contribution is -2.27. The van der Waals surface area contributed by atoms with E-state index in [1.54, 1.807) is 44.7 Å². The van der Waals surface area contributed by atoms with Crippen molar-refractivity contribution in [3.8, 4) is 23.1 Å². The van der Waals surface area contributed by atoms with Gasteiger partial charge in [-0.1, -0.05) is 0 Å². The highest BCUT2D eigenvalue weighted by Crippen LogP contribution is 2.35. The van der Waals surface area contributed by atoms with E-state index < -0.39 is 17.2 Å². The number of carbonyl (C=O) groups excluding carboxylic acids is 1. The average Bonchev–Trinajstić information content (AvgIpc) is 2.92. The largest absolute Gasteiger partial charge is 0.485 e. The SMILES string of the molecule is COCCOc1cc2nccc(Oc3ccc(NC(=O)c4c(C)n(C)c(C)c(Br)c4=O)cc3F)c2nc1OC. The van der Waals surface area contributed by atoms with Crippen LogP contribution in [0, 0.1) is 19.7 Å². The number of rotatable bonds is 9. The molecule has 0 fully saturated rings. The third kappa shape index (κ3) is 5.71. The van der Waals surface area contributed by atoms with Gasteiger partial charge in [0.15, 0.2) is 23.1 Å². The Morgan fingerprint density at radius 3 is 2.54 bits per heavy atom. The van der Waals surface area contributed by atoms with E-state index in [0.29, 0.717) is 45.9 Å². The first kappa shape index (κ1) is 28.0. The van der Waals surface area contributed by atoms with Crippen LogP contribution in [-0.2, 0) is 11.8 Å². The van der Waals surface area contributed by atoms with Crippen molar-refractivity contribution >= 4 is 38.6 Å². The molecule has 0 bridgehead atoms. The van der Waals surface area contributed by atoms with Gasteiger partial charge < -0.3 is 28.8 Å². The Kier molecular flexibility index (Phi) is 8.46. The molecule has 10 nitrogen and oxygen atoms in total. The molecule has 1 aromatic carbocycles. The summed E-state index contributed by atoms with van der Waals surface area (Å²) in [6.45, 7) is 4.11. The molecular weight excluding hydrogens is 575 g/mol. The van der Waals surface area contributed by atoms with Gasteiger partial charge in [0.25, 0.3) is 11.8 Å². The third-order valence-corrected chi connectivity index (χ3v) is 7.03. The minimum absolute atomic E-state index is 0.0374. The molecule has 39 heavy (non-hydrogen) atoms. The van der Waals surface area contributed by atoms with Crippen molar-refractivity contribution in [2.45, 2.75) is 13.8 Å². The van der Waals surface area contributed by atoms with Crippen molar-refractivity contribution in [3.63, 3.8) is 0 Å². The molecule has 3 heterocycles. The second-order valence-corrected chi connectivity index (χ2v) is 9.26. The quantitative estimate of drug-likeness (QED) is 0.269. The first-order valence-electron chi connectivity index (χ1n) is 11.8. The Balaban J connectivity index is 1.59. The molecule has 12 heteroatoms. The van der Waals surface area contributed by atoms with Crippen LogP contribution in [0.15, 0.2) is 45.8 Å². The molecule has 0 atom stereocenters. The number of nitrogens with one attached hydrogen (secondary N) is 1. The van der Waals surface area contributed by atoms with E-state index in [-0.39, 0.29) is 28.6 Å². The minimum Gasteiger partial charge on any atom is -0.485 e. The van der Waals surface area contributed by atoms with Crippen LogP contribution in [-0.4, -0.2) is 47.9 Å². The van der Waals surface area contributed by atoms with E-state index in [1.165, 1.54) is 25.4 Å². The number of ether oxygens (including phenoxy) is 4. The zero-order valence-corrected chi connectivity index (χ0v) is 23.5. The van der Waals surface area contributed by atoms with Crippen molar-refractivity contribution in [1.82, 2.24) is 14.5 Å². The van der Waals surface area contributed by atoms with Gasteiger partial charge in [-0.3, -0.25) is 14.6 Å². The van der Waals surface area contributed by atoms with Crippen LogP contribution >= 0.6 is 15.9 Å². The Labute approximate surface area is 231 Å². The van der Waals surface area contributed by atoms with Crippen LogP contribution < -0.4 is 25.0 Å². The number of aromatic nitrogens is 3. The monoisotopic (exact) mass is 600 g/mol. The van der Waals surface area contributed by atoms with Crippen LogP contribution in [0.1, 0.15) is 21.7 Å². The zero-order chi connectivity index (χ0) is 28.3. The number of hydrogen-bond donors (Lipinski definition) is 1. The summed E-state index contributed by atoms with van der Waals surface area (Å²) in [4.78, 5) is 34.4. The third-order valence-electron chi connectivity index (χ3n) is 6.09. The molecule has 204 valence electrons. The highest BCUT2D eigenvalue weighted by atomic mass is 79.9. The first-order chi connectivity index (χ1) is 18.7. The predicted molar refractivity (Wildman–Crippen MR) is 147 cm³/mol. The average molecular weight is 601 g/mol. The number of hydrogen-bond acceptors (Lipinski definition) is 8. The number of pyridine rings is 3. The van der Waals surface area contributed by atoms with Gasteiger partial charge in [-0.25, -0.2) is 9.37 Å². The van der Waals surface area contributed by atoms with Crippen molar-refractivity contribution in [2.75, 3.05) is 32.8 Å². The highest BCUT2D eigenvalue weighted by Gasteiger charge is 2.21. The Morgan fingerprint density at radius 1 is 1.08 bits per heavy atom. The Hall–Kier alpha value is -4.03. The standard InChI is InChI=1S/C27H26BrFN4O6/c1-14-22(25(34)23(28)15(2)33(14)3)26(35)31-16-6-7-19(17(29)12-16)39-20-8-9-30-18-13-21(38-11-10-36-4)27(37-5)32-24(18)20/h6-9,12-13H,10-11H2,1-5H3,(H,31,35). The molecule has 0 radical (unpaired) electrons. The maximum Gasteiger partial charge on any atom is 0.261 e. The molecule has 4 rings (SSSR count). The number of benzene rings is 1. The number of fused-ring (bicyclic) bond motifs is 1. The van der Waals surface area contributed by atoms with E-state index in [1.807, 2.05) is 0 Å². The van der Waals surface area contributed by atoms with E-state index in [4.69, 9.17) is 18.9 Å². The number of halogens is 2. The van der Waals surface area contributed by atoms with Gasteiger partial charge in [-0.05, 0) is 41.9 Å². The predicted octanol–water partition coefficient (Wildman–Crippen LogP) is 4.93. The molecule has 0 unspecified atom stereocenters. The van der Waals surface area contributed by atoms with Crippen LogP contribution in [0.5, 0.6) is 23.1 Å². The van der Waals surface area contributed by atoms with Crippen LogP contribution in [0.2, 0.25) is 0 Å². The molecule has 1 N–H and O–H groups in total. The van der Waals surface area contributed by atoms with Gasteiger partial charge in [-0.2, -0.15) is 0 Å². The minimum atomic E-state index is -0.737. The summed E-state index contributed by atoms with van der Waals surface area (Å²) < 4.78 is 38.9. The molecular formula is C27H26BrFN4O6. The summed E-state index contributed by atoms with van der Waals surface area (Å²) in [5, 5.41) is 2.59. The van der Waals surface area contributed by atoms with Crippen LogP contribution in [0.25, 0.3) is 11.0 Å². The summed E-state index contributed by atoms with van der Waals surface area (Å²) >= 11 is 3.25.